The van der Waals surface area contributed by atoms with Crippen molar-refractivity contribution in [2.75, 3.05) is 0 Å². The van der Waals surface area contributed by atoms with Crippen LogP contribution >= 0.6 is 11.8 Å². The Hall–Kier alpha value is -2.54. The van der Waals surface area contributed by atoms with Crippen LogP contribution in [0.5, 0.6) is 0 Å². The lowest BCUT2D eigenvalue weighted by Gasteiger charge is -2.04. The summed E-state index contributed by atoms with van der Waals surface area (Å²) in [5.41, 5.74) is 0.816. The molecular formula is C14H8FN3O2S. The first-order valence-corrected chi connectivity index (χ1v) is 6.73. The molecule has 0 amide bonds. The summed E-state index contributed by atoms with van der Waals surface area (Å²) in [5.74, 6) is -2.06. The second kappa shape index (κ2) is 5.45. The maximum Gasteiger partial charge on any atom is 0.338 e. The summed E-state index contributed by atoms with van der Waals surface area (Å²) < 4.78 is 13.3. The van der Waals surface area contributed by atoms with Gasteiger partial charge in [0, 0.05) is 17.3 Å². The van der Waals surface area contributed by atoms with Gasteiger partial charge in [-0.2, -0.15) is 0 Å². The summed E-state index contributed by atoms with van der Waals surface area (Å²) in [7, 11) is 0. The molecule has 0 saturated carbocycles. The molecule has 2 aromatic heterocycles. The highest BCUT2D eigenvalue weighted by atomic mass is 32.2. The van der Waals surface area contributed by atoms with E-state index in [9.17, 15) is 9.18 Å². The maximum absolute atomic E-state index is 13.3. The highest BCUT2D eigenvalue weighted by molar-refractivity contribution is 7.99. The summed E-state index contributed by atoms with van der Waals surface area (Å²) in [4.78, 5) is 24.0. The fraction of sp³-hybridized carbons (Fsp3) is 0. The Balaban J connectivity index is 1.94. The molecular weight excluding hydrogens is 293 g/mol. The molecule has 1 aromatic carbocycles. The summed E-state index contributed by atoms with van der Waals surface area (Å²) in [5, 5.41) is 9.54. The molecule has 21 heavy (non-hydrogen) atoms. The Bertz CT molecular complexity index is 841. The van der Waals surface area contributed by atoms with Gasteiger partial charge in [-0.3, -0.25) is 4.98 Å². The van der Waals surface area contributed by atoms with Crippen molar-refractivity contribution in [1.82, 2.24) is 15.0 Å². The summed E-state index contributed by atoms with van der Waals surface area (Å²) in [6, 6.07) is 7.46. The normalized spacial score (nSPS) is 10.7. The largest absolute Gasteiger partial charge is 0.478 e. The Morgan fingerprint density at radius 2 is 1.95 bits per heavy atom. The number of rotatable bonds is 3. The van der Waals surface area contributed by atoms with E-state index in [0.29, 0.717) is 21.1 Å². The molecule has 104 valence electrons. The average Bonchev–Trinajstić information content (AvgIpc) is 2.49. The van der Waals surface area contributed by atoms with Gasteiger partial charge < -0.3 is 5.11 Å². The van der Waals surface area contributed by atoms with Gasteiger partial charge in [0.15, 0.2) is 5.65 Å². The third-order valence-electron chi connectivity index (χ3n) is 2.70. The van der Waals surface area contributed by atoms with E-state index < -0.39 is 11.8 Å². The molecule has 3 rings (SSSR count). The van der Waals surface area contributed by atoms with Gasteiger partial charge in [-0.1, -0.05) is 11.8 Å². The number of fused-ring (bicyclic) bond motifs is 1. The first-order chi connectivity index (χ1) is 10.1. The predicted molar refractivity (Wildman–Crippen MR) is 74.8 cm³/mol. The number of carbonyl (C=O) groups is 1. The van der Waals surface area contributed by atoms with Crippen molar-refractivity contribution in [2.45, 2.75) is 9.92 Å². The molecule has 0 spiro atoms. The van der Waals surface area contributed by atoms with E-state index >= 15 is 0 Å². The van der Waals surface area contributed by atoms with Crippen LogP contribution in [0.4, 0.5) is 4.39 Å². The van der Waals surface area contributed by atoms with Crippen molar-refractivity contribution in [3.63, 3.8) is 0 Å². The number of nitrogens with zero attached hydrogens (tertiary/aromatic N) is 3. The summed E-state index contributed by atoms with van der Waals surface area (Å²) >= 11 is 1.23. The van der Waals surface area contributed by atoms with Gasteiger partial charge in [0.1, 0.15) is 16.4 Å². The molecule has 0 aliphatic heterocycles. The lowest BCUT2D eigenvalue weighted by Crippen LogP contribution is -2.00. The fourth-order valence-electron chi connectivity index (χ4n) is 1.75. The van der Waals surface area contributed by atoms with Crippen LogP contribution in [0.25, 0.3) is 11.2 Å². The topological polar surface area (TPSA) is 76.0 Å². The second-order valence-electron chi connectivity index (χ2n) is 4.10. The number of aromatic carboxylic acids is 1. The number of carboxylic acid groups (broad SMARTS) is 1. The molecule has 3 aromatic rings. The molecule has 0 atom stereocenters. The van der Waals surface area contributed by atoms with Crippen molar-refractivity contribution in [3.8, 4) is 0 Å². The molecule has 0 fully saturated rings. The highest BCUT2D eigenvalue weighted by Gasteiger charge is 2.12. The molecule has 2 heterocycles. The van der Waals surface area contributed by atoms with Crippen molar-refractivity contribution >= 4 is 28.9 Å². The van der Waals surface area contributed by atoms with E-state index in [1.807, 2.05) is 0 Å². The van der Waals surface area contributed by atoms with E-state index in [-0.39, 0.29) is 5.56 Å². The third-order valence-corrected chi connectivity index (χ3v) is 3.62. The number of aromatic nitrogens is 3. The van der Waals surface area contributed by atoms with Gasteiger partial charge in [-0.05, 0) is 30.3 Å². The van der Waals surface area contributed by atoms with Crippen LogP contribution in [-0.4, -0.2) is 26.0 Å². The van der Waals surface area contributed by atoms with Gasteiger partial charge in [-0.15, -0.1) is 0 Å². The van der Waals surface area contributed by atoms with Gasteiger partial charge in [0.2, 0.25) is 0 Å². The monoisotopic (exact) mass is 301 g/mol. The minimum atomic E-state index is -1.30. The zero-order valence-corrected chi connectivity index (χ0v) is 11.3. The Labute approximate surface area is 122 Å². The van der Waals surface area contributed by atoms with Gasteiger partial charge >= 0.3 is 5.97 Å². The van der Waals surface area contributed by atoms with Crippen LogP contribution in [0.15, 0.2) is 52.6 Å². The zero-order valence-electron chi connectivity index (χ0n) is 10.5. The second-order valence-corrected chi connectivity index (χ2v) is 5.19. The smallest absolute Gasteiger partial charge is 0.338 e. The van der Waals surface area contributed by atoms with Crippen LogP contribution in [0.2, 0.25) is 0 Å². The van der Waals surface area contributed by atoms with Crippen LogP contribution in [0, 0.1) is 5.82 Å². The fourth-order valence-corrected chi connectivity index (χ4v) is 2.57. The van der Waals surface area contributed by atoms with E-state index in [2.05, 4.69) is 15.0 Å². The van der Waals surface area contributed by atoms with Gasteiger partial charge in [0.05, 0.1) is 5.56 Å². The number of benzene rings is 1. The average molecular weight is 301 g/mol. The van der Waals surface area contributed by atoms with Crippen molar-refractivity contribution in [3.05, 3.63) is 54.1 Å². The maximum atomic E-state index is 13.3. The standard InChI is InChI=1S/C14H8FN3O2S/c15-10-2-1-8(7-9(10)14(19)20)21-12-4-3-11-13(18-12)17-6-5-16-11/h1-7H,(H,19,20). The first-order valence-electron chi connectivity index (χ1n) is 5.92. The molecule has 0 unspecified atom stereocenters. The lowest BCUT2D eigenvalue weighted by atomic mass is 10.2. The number of halogens is 1. The highest BCUT2D eigenvalue weighted by Crippen LogP contribution is 2.28. The molecule has 0 aliphatic carbocycles. The van der Waals surface area contributed by atoms with Crippen molar-refractivity contribution in [2.24, 2.45) is 0 Å². The number of hydrogen-bond donors (Lipinski definition) is 1. The van der Waals surface area contributed by atoms with Crippen LogP contribution in [0.1, 0.15) is 10.4 Å². The number of pyridine rings is 1. The number of carboxylic acids is 1. The zero-order chi connectivity index (χ0) is 14.8. The summed E-state index contributed by atoms with van der Waals surface area (Å²) in [6.07, 6.45) is 3.13. The predicted octanol–water partition coefficient (Wildman–Crippen LogP) is 3.01. The molecule has 0 bridgehead atoms. The molecule has 0 radical (unpaired) electrons. The van der Waals surface area contributed by atoms with Gasteiger partial charge in [0.25, 0.3) is 0 Å². The quantitative estimate of drug-likeness (QED) is 0.801. The molecule has 0 aliphatic rings. The van der Waals surface area contributed by atoms with E-state index in [4.69, 9.17) is 5.11 Å². The Kier molecular flexibility index (Phi) is 3.49. The molecule has 7 heteroatoms. The first kappa shape index (κ1) is 13.4. The van der Waals surface area contributed by atoms with Crippen LogP contribution in [0.3, 0.4) is 0 Å². The van der Waals surface area contributed by atoms with Crippen LogP contribution < -0.4 is 0 Å². The molecule has 5 nitrogen and oxygen atoms in total. The van der Waals surface area contributed by atoms with Crippen LogP contribution in [-0.2, 0) is 0 Å². The Morgan fingerprint density at radius 1 is 1.14 bits per heavy atom. The molecule has 0 saturated heterocycles. The number of hydrogen-bond acceptors (Lipinski definition) is 5. The summed E-state index contributed by atoms with van der Waals surface area (Å²) in [6.45, 7) is 0. The van der Waals surface area contributed by atoms with E-state index in [0.717, 1.165) is 6.07 Å². The lowest BCUT2D eigenvalue weighted by molar-refractivity contribution is 0.0691. The van der Waals surface area contributed by atoms with Crippen molar-refractivity contribution < 1.29 is 14.3 Å². The molecule has 1 N–H and O–H groups in total. The Morgan fingerprint density at radius 3 is 2.76 bits per heavy atom. The van der Waals surface area contributed by atoms with Gasteiger partial charge in [-0.25, -0.2) is 19.2 Å². The van der Waals surface area contributed by atoms with Crippen molar-refractivity contribution in [1.29, 1.82) is 0 Å². The minimum absolute atomic E-state index is 0.361. The SMILES string of the molecule is O=C(O)c1cc(Sc2ccc3nccnc3n2)ccc1F. The van der Waals surface area contributed by atoms with E-state index in [1.54, 1.807) is 24.5 Å². The third kappa shape index (κ3) is 2.82. The van der Waals surface area contributed by atoms with E-state index in [1.165, 1.54) is 23.9 Å². The minimum Gasteiger partial charge on any atom is -0.478 e.